The molecule has 1 unspecified atom stereocenters. The molecule has 0 spiro atoms. The number of hydrogen-bond donors (Lipinski definition) is 3. The lowest BCUT2D eigenvalue weighted by Crippen LogP contribution is -1.90. The van der Waals surface area contributed by atoms with E-state index in [2.05, 4.69) is 4.31 Å². The Kier molecular flexibility index (Phi) is 4.47. The van der Waals surface area contributed by atoms with Crippen LogP contribution in [0.15, 0.2) is 0 Å². The van der Waals surface area contributed by atoms with E-state index < -0.39 is 14.6 Å². The normalized spacial score (nSPS) is 17.8. The van der Waals surface area contributed by atoms with Gasteiger partial charge in [0.05, 0.1) is 0 Å². The molecule has 0 aromatic rings. The minimum absolute atomic E-state index is 0.243. The molecule has 0 saturated carbocycles. The lowest BCUT2D eigenvalue weighted by Gasteiger charge is -2.12. The highest BCUT2D eigenvalue weighted by molar-refractivity contribution is 8.55. The van der Waals surface area contributed by atoms with Crippen LogP contribution in [-0.2, 0) is 13.4 Å². The molecule has 0 heterocycles. The Labute approximate surface area is 73.8 Å². The van der Waals surface area contributed by atoms with Gasteiger partial charge in [0.15, 0.2) is 0 Å². The molecule has 0 rings (SSSR count). The second-order valence-electron chi connectivity index (χ2n) is 2.19. The molecule has 0 saturated heterocycles. The standard InChI is InChI=1S/C3H10O6P2S/c1-3(2)12-11(7,8)9-10(4,5)6/h3H,1-2H3,(H,7,8)(H2,4,5,6). The lowest BCUT2D eigenvalue weighted by molar-refractivity contribution is 0.270. The van der Waals surface area contributed by atoms with Crippen LogP contribution in [0.1, 0.15) is 13.8 Å². The third kappa shape index (κ3) is 7.31. The Bertz CT molecular complexity index is 233. The number of phosphoric acid groups is 1. The minimum Gasteiger partial charge on any atom is -0.316 e. The molecule has 3 N–H and O–H groups in total. The van der Waals surface area contributed by atoms with Crippen LogP contribution in [-0.4, -0.2) is 19.9 Å². The highest BCUT2D eigenvalue weighted by Gasteiger charge is 2.32. The maximum atomic E-state index is 10.8. The maximum Gasteiger partial charge on any atom is 0.477 e. The summed E-state index contributed by atoms with van der Waals surface area (Å²) in [6, 6.07) is 0. The van der Waals surface area contributed by atoms with Gasteiger partial charge in [0.25, 0.3) is 0 Å². The van der Waals surface area contributed by atoms with Gasteiger partial charge in [0.2, 0.25) is 0 Å². The van der Waals surface area contributed by atoms with Crippen molar-refractivity contribution in [1.29, 1.82) is 0 Å². The van der Waals surface area contributed by atoms with E-state index in [0.29, 0.717) is 11.4 Å². The predicted octanol–water partition coefficient (Wildman–Crippen LogP) is 1.34. The van der Waals surface area contributed by atoms with Crippen LogP contribution < -0.4 is 0 Å². The molecular weight excluding hydrogens is 226 g/mol. The monoisotopic (exact) mass is 236 g/mol. The second kappa shape index (κ2) is 4.24. The van der Waals surface area contributed by atoms with E-state index in [9.17, 15) is 9.13 Å². The van der Waals surface area contributed by atoms with Gasteiger partial charge in [0, 0.05) is 5.25 Å². The summed E-state index contributed by atoms with van der Waals surface area (Å²) in [6.07, 6.45) is 0. The summed E-state index contributed by atoms with van der Waals surface area (Å²) in [7, 11) is -4.88. The van der Waals surface area contributed by atoms with E-state index in [1.165, 1.54) is 0 Å². The SMILES string of the molecule is CC(C)SP(=O)(O)OP(=O)(O)O. The van der Waals surface area contributed by atoms with Gasteiger partial charge in [-0.25, -0.2) is 9.13 Å². The van der Waals surface area contributed by atoms with Crippen LogP contribution in [0, 0.1) is 0 Å². The molecule has 9 heteroatoms. The van der Waals surface area contributed by atoms with E-state index in [0.717, 1.165) is 0 Å². The van der Waals surface area contributed by atoms with Gasteiger partial charge in [-0.15, -0.1) is 0 Å². The lowest BCUT2D eigenvalue weighted by atomic mass is 10.6. The molecule has 1 atom stereocenters. The first kappa shape index (κ1) is 12.7. The zero-order valence-corrected chi connectivity index (χ0v) is 9.05. The van der Waals surface area contributed by atoms with Crippen molar-refractivity contribution in [3.05, 3.63) is 0 Å². The molecule has 6 nitrogen and oxygen atoms in total. The number of rotatable bonds is 4. The van der Waals surface area contributed by atoms with Crippen LogP contribution in [0.5, 0.6) is 0 Å². The molecular formula is C3H10O6P2S. The summed E-state index contributed by atoms with van der Waals surface area (Å²) in [5.41, 5.74) is 0. The molecule has 74 valence electrons. The Morgan fingerprint density at radius 3 is 1.92 bits per heavy atom. The molecule has 0 fully saturated rings. The van der Waals surface area contributed by atoms with E-state index in [1.54, 1.807) is 13.8 Å². The van der Waals surface area contributed by atoms with Crippen LogP contribution in [0.25, 0.3) is 0 Å². The van der Waals surface area contributed by atoms with E-state index >= 15 is 0 Å². The minimum atomic E-state index is -4.88. The molecule has 0 bridgehead atoms. The average Bonchev–Trinajstić information content (AvgIpc) is 1.48. The third-order valence-electron chi connectivity index (χ3n) is 0.554. The molecule has 0 aliphatic carbocycles. The quantitative estimate of drug-likeness (QED) is 0.632. The van der Waals surface area contributed by atoms with Crippen molar-refractivity contribution in [3.8, 4) is 0 Å². The summed E-state index contributed by atoms with van der Waals surface area (Å²) >= 11 is 0.480. The molecule has 0 aromatic carbocycles. The van der Waals surface area contributed by atoms with Crippen molar-refractivity contribution < 1.29 is 28.1 Å². The first-order valence-corrected chi connectivity index (χ1v) is 7.50. The summed E-state index contributed by atoms with van der Waals surface area (Å²) in [5, 5.41) is -0.243. The first-order valence-electron chi connectivity index (χ1n) is 2.90. The Hall–Kier alpha value is 0.650. The van der Waals surface area contributed by atoms with Crippen LogP contribution in [0.2, 0.25) is 0 Å². The third-order valence-corrected chi connectivity index (χ3v) is 5.58. The summed E-state index contributed by atoms with van der Waals surface area (Å²) in [5.74, 6) is 0. The fraction of sp³-hybridized carbons (Fsp3) is 1.00. The van der Waals surface area contributed by atoms with E-state index in [-0.39, 0.29) is 5.25 Å². The van der Waals surface area contributed by atoms with Crippen molar-refractivity contribution in [2.75, 3.05) is 0 Å². The van der Waals surface area contributed by atoms with Crippen LogP contribution >= 0.6 is 26.0 Å². The number of hydrogen-bond acceptors (Lipinski definition) is 4. The smallest absolute Gasteiger partial charge is 0.316 e. The van der Waals surface area contributed by atoms with Gasteiger partial charge in [-0.1, -0.05) is 13.8 Å². The van der Waals surface area contributed by atoms with Gasteiger partial charge in [-0.2, -0.15) is 4.31 Å². The largest absolute Gasteiger partial charge is 0.477 e. The maximum absolute atomic E-state index is 10.8. The van der Waals surface area contributed by atoms with Crippen LogP contribution in [0.3, 0.4) is 0 Å². The van der Waals surface area contributed by atoms with Crippen molar-refractivity contribution >= 4 is 26.0 Å². The zero-order chi connectivity index (χ0) is 9.99. The molecule has 0 amide bonds. The topological polar surface area (TPSA) is 104 Å². The fourth-order valence-corrected chi connectivity index (χ4v) is 4.91. The molecule has 0 radical (unpaired) electrons. The van der Waals surface area contributed by atoms with Gasteiger partial charge >= 0.3 is 14.6 Å². The highest BCUT2D eigenvalue weighted by Crippen LogP contribution is 2.66. The fourth-order valence-electron chi connectivity index (χ4n) is 0.420. The van der Waals surface area contributed by atoms with Gasteiger partial charge in [0.1, 0.15) is 0 Å². The summed E-state index contributed by atoms with van der Waals surface area (Å²) in [6.45, 7) is -1.00. The van der Waals surface area contributed by atoms with Crippen LogP contribution in [0.4, 0.5) is 0 Å². The molecule has 0 aliphatic heterocycles. The predicted molar refractivity (Wildman–Crippen MR) is 45.7 cm³/mol. The highest BCUT2D eigenvalue weighted by atomic mass is 32.7. The van der Waals surface area contributed by atoms with Gasteiger partial charge in [-0.05, 0) is 11.4 Å². The summed E-state index contributed by atoms with van der Waals surface area (Å²) in [4.78, 5) is 25.2. The Balaban J connectivity index is 4.25. The van der Waals surface area contributed by atoms with Crippen molar-refractivity contribution in [2.24, 2.45) is 0 Å². The first-order chi connectivity index (χ1) is 5.12. The van der Waals surface area contributed by atoms with Crippen molar-refractivity contribution in [1.82, 2.24) is 0 Å². The Morgan fingerprint density at radius 2 is 1.67 bits per heavy atom. The van der Waals surface area contributed by atoms with E-state index in [1.807, 2.05) is 0 Å². The van der Waals surface area contributed by atoms with Crippen molar-refractivity contribution in [2.45, 2.75) is 19.1 Å². The van der Waals surface area contributed by atoms with Gasteiger partial charge < -0.3 is 14.7 Å². The van der Waals surface area contributed by atoms with E-state index in [4.69, 9.17) is 14.7 Å². The molecule has 0 aromatic heterocycles. The Morgan fingerprint density at radius 1 is 1.25 bits per heavy atom. The van der Waals surface area contributed by atoms with Crippen molar-refractivity contribution in [3.63, 3.8) is 0 Å². The second-order valence-corrected chi connectivity index (χ2v) is 7.94. The zero-order valence-electron chi connectivity index (χ0n) is 6.45. The van der Waals surface area contributed by atoms with Gasteiger partial charge in [-0.3, -0.25) is 0 Å². The average molecular weight is 236 g/mol. The molecule has 0 aliphatic rings. The molecule has 12 heavy (non-hydrogen) atoms. The summed E-state index contributed by atoms with van der Waals surface area (Å²) < 4.78 is 24.7.